The number of hydrogen-bond donors (Lipinski definition) is 3. The van der Waals surface area contributed by atoms with Crippen molar-refractivity contribution in [3.05, 3.63) is 24.0 Å². The second kappa shape index (κ2) is 6.49. The number of benzene rings is 1. The van der Waals surface area contributed by atoms with Crippen molar-refractivity contribution in [2.75, 3.05) is 24.6 Å². The zero-order valence-electron chi connectivity index (χ0n) is 11.4. The third-order valence-electron chi connectivity index (χ3n) is 2.86. The Bertz CT molecular complexity index is 452. The van der Waals surface area contributed by atoms with Crippen molar-refractivity contribution in [3.63, 3.8) is 0 Å². The maximum Gasteiger partial charge on any atom is 0.241 e. The zero-order chi connectivity index (χ0) is 14.6. The van der Waals surface area contributed by atoms with E-state index in [-0.39, 0.29) is 11.6 Å². The molecule has 19 heavy (non-hydrogen) atoms. The first-order valence-electron chi connectivity index (χ1n) is 6.05. The molecule has 0 saturated heterocycles. The molecule has 1 aromatic rings. The van der Waals surface area contributed by atoms with Gasteiger partial charge in [-0.05, 0) is 39.1 Å². The molecule has 0 bridgehead atoms. The maximum absolute atomic E-state index is 13.0. The van der Waals surface area contributed by atoms with Gasteiger partial charge in [-0.3, -0.25) is 9.69 Å². The summed E-state index contributed by atoms with van der Waals surface area (Å²) in [5.41, 5.74) is 5.86. The normalized spacial score (nSPS) is 14.2. The molecule has 5 nitrogen and oxygen atoms in total. The Morgan fingerprint density at radius 3 is 2.68 bits per heavy atom. The standard InChI is InChI=1S/C13H20FN3O2/c1-8(18)7-17(3)9(2)13(19)16-10-4-5-11(14)12(15)6-10/h4-6,8-9,18H,7,15H2,1-3H3,(H,16,19). The van der Waals surface area contributed by atoms with Crippen molar-refractivity contribution < 1.29 is 14.3 Å². The Morgan fingerprint density at radius 1 is 1.53 bits per heavy atom. The van der Waals surface area contributed by atoms with Gasteiger partial charge in [-0.2, -0.15) is 0 Å². The largest absolute Gasteiger partial charge is 0.396 e. The highest BCUT2D eigenvalue weighted by atomic mass is 19.1. The summed E-state index contributed by atoms with van der Waals surface area (Å²) < 4.78 is 13.0. The number of aliphatic hydroxyl groups excluding tert-OH is 1. The van der Waals surface area contributed by atoms with Gasteiger partial charge in [0, 0.05) is 12.2 Å². The third kappa shape index (κ3) is 4.50. The van der Waals surface area contributed by atoms with E-state index in [1.807, 2.05) is 0 Å². The Kier molecular flexibility index (Phi) is 5.26. The quantitative estimate of drug-likeness (QED) is 0.698. The van der Waals surface area contributed by atoms with Crippen molar-refractivity contribution in [2.24, 2.45) is 0 Å². The lowest BCUT2D eigenvalue weighted by molar-refractivity contribution is -0.120. The van der Waals surface area contributed by atoms with Crippen LogP contribution in [0.2, 0.25) is 0 Å². The minimum Gasteiger partial charge on any atom is -0.396 e. The minimum absolute atomic E-state index is 0.0113. The number of likely N-dealkylation sites (N-methyl/N-ethyl adjacent to an activating group) is 1. The Balaban J connectivity index is 2.65. The van der Waals surface area contributed by atoms with Crippen LogP contribution in [0.1, 0.15) is 13.8 Å². The number of nitrogen functional groups attached to an aromatic ring is 1. The highest BCUT2D eigenvalue weighted by Crippen LogP contribution is 2.16. The maximum atomic E-state index is 13.0. The molecule has 0 aliphatic heterocycles. The van der Waals surface area contributed by atoms with E-state index in [1.54, 1.807) is 25.8 Å². The van der Waals surface area contributed by atoms with Crippen LogP contribution in [0.5, 0.6) is 0 Å². The molecule has 2 unspecified atom stereocenters. The topological polar surface area (TPSA) is 78.6 Å². The molecule has 0 fully saturated rings. The monoisotopic (exact) mass is 269 g/mol. The minimum atomic E-state index is -0.516. The van der Waals surface area contributed by atoms with Crippen LogP contribution in [0.4, 0.5) is 15.8 Å². The number of carbonyl (C=O) groups is 1. The van der Waals surface area contributed by atoms with Gasteiger partial charge in [-0.25, -0.2) is 4.39 Å². The van der Waals surface area contributed by atoms with Crippen LogP contribution in [0.25, 0.3) is 0 Å². The molecule has 106 valence electrons. The highest BCUT2D eigenvalue weighted by Gasteiger charge is 2.19. The predicted molar refractivity (Wildman–Crippen MR) is 73.2 cm³/mol. The Hall–Kier alpha value is -1.66. The van der Waals surface area contributed by atoms with Crippen molar-refractivity contribution in [1.29, 1.82) is 0 Å². The average molecular weight is 269 g/mol. The fourth-order valence-corrected chi connectivity index (χ4v) is 1.64. The van der Waals surface area contributed by atoms with Crippen molar-refractivity contribution in [2.45, 2.75) is 26.0 Å². The summed E-state index contributed by atoms with van der Waals surface area (Å²) in [6.45, 7) is 3.77. The fraction of sp³-hybridized carbons (Fsp3) is 0.462. The van der Waals surface area contributed by atoms with Crippen LogP contribution in [-0.4, -0.2) is 41.7 Å². The molecule has 1 amide bonds. The van der Waals surface area contributed by atoms with E-state index in [0.717, 1.165) is 0 Å². The second-order valence-electron chi connectivity index (χ2n) is 4.69. The van der Waals surface area contributed by atoms with Crippen LogP contribution < -0.4 is 11.1 Å². The van der Waals surface area contributed by atoms with E-state index in [4.69, 9.17) is 5.73 Å². The summed E-state index contributed by atoms with van der Waals surface area (Å²) in [4.78, 5) is 13.7. The number of nitrogens with one attached hydrogen (secondary N) is 1. The number of carbonyl (C=O) groups excluding carboxylic acids is 1. The van der Waals surface area contributed by atoms with Crippen LogP contribution in [0, 0.1) is 5.82 Å². The molecular formula is C13H20FN3O2. The summed E-state index contributed by atoms with van der Waals surface area (Å²) in [6, 6.07) is 3.61. The number of halogens is 1. The van der Waals surface area contributed by atoms with Gasteiger partial charge in [-0.1, -0.05) is 0 Å². The Morgan fingerprint density at radius 2 is 2.16 bits per heavy atom. The van der Waals surface area contributed by atoms with E-state index in [2.05, 4.69) is 5.32 Å². The first-order valence-corrected chi connectivity index (χ1v) is 6.05. The third-order valence-corrected chi connectivity index (χ3v) is 2.86. The van der Waals surface area contributed by atoms with E-state index < -0.39 is 18.0 Å². The smallest absolute Gasteiger partial charge is 0.241 e. The molecule has 0 spiro atoms. The van der Waals surface area contributed by atoms with Gasteiger partial charge in [-0.15, -0.1) is 0 Å². The van der Waals surface area contributed by atoms with Gasteiger partial charge >= 0.3 is 0 Å². The number of aliphatic hydroxyl groups is 1. The van der Waals surface area contributed by atoms with Crippen LogP contribution in [0.15, 0.2) is 18.2 Å². The number of nitrogens with zero attached hydrogens (tertiary/aromatic N) is 1. The zero-order valence-corrected chi connectivity index (χ0v) is 11.4. The van der Waals surface area contributed by atoms with Gasteiger partial charge in [0.2, 0.25) is 5.91 Å². The lowest BCUT2D eigenvalue weighted by Crippen LogP contribution is -2.42. The number of nitrogens with two attached hydrogens (primary N) is 1. The van der Waals surface area contributed by atoms with Crippen LogP contribution in [0.3, 0.4) is 0 Å². The van der Waals surface area contributed by atoms with Crippen molar-refractivity contribution in [3.8, 4) is 0 Å². The number of hydrogen-bond acceptors (Lipinski definition) is 4. The molecule has 6 heteroatoms. The molecule has 1 aromatic carbocycles. The molecule has 0 aliphatic rings. The first-order chi connectivity index (χ1) is 8.81. The average Bonchev–Trinajstić information content (AvgIpc) is 2.32. The molecule has 0 radical (unpaired) electrons. The number of amides is 1. The van der Waals surface area contributed by atoms with Gasteiger partial charge in [0.25, 0.3) is 0 Å². The lowest BCUT2D eigenvalue weighted by atomic mass is 10.2. The molecule has 2 atom stereocenters. The van der Waals surface area contributed by atoms with Gasteiger partial charge in [0.05, 0.1) is 17.8 Å². The molecule has 1 rings (SSSR count). The van der Waals surface area contributed by atoms with E-state index >= 15 is 0 Å². The SMILES string of the molecule is CC(O)CN(C)C(C)C(=O)Nc1ccc(F)c(N)c1. The van der Waals surface area contributed by atoms with Gasteiger partial charge < -0.3 is 16.2 Å². The molecule has 0 aromatic heterocycles. The van der Waals surface area contributed by atoms with Crippen molar-refractivity contribution >= 4 is 17.3 Å². The van der Waals surface area contributed by atoms with E-state index in [1.165, 1.54) is 18.2 Å². The van der Waals surface area contributed by atoms with Crippen LogP contribution >= 0.6 is 0 Å². The Labute approximate surface area is 112 Å². The van der Waals surface area contributed by atoms with Crippen molar-refractivity contribution in [1.82, 2.24) is 4.90 Å². The molecular weight excluding hydrogens is 249 g/mol. The summed E-state index contributed by atoms with van der Waals surface area (Å²) in [5, 5.41) is 11.9. The summed E-state index contributed by atoms with van der Waals surface area (Å²) in [6.07, 6.45) is -0.512. The summed E-state index contributed by atoms with van der Waals surface area (Å²) in [5.74, 6) is -0.758. The second-order valence-corrected chi connectivity index (χ2v) is 4.69. The number of rotatable bonds is 5. The number of anilines is 2. The highest BCUT2D eigenvalue weighted by molar-refractivity contribution is 5.94. The summed E-state index contributed by atoms with van der Waals surface area (Å²) in [7, 11) is 1.75. The van der Waals surface area contributed by atoms with E-state index in [0.29, 0.717) is 12.2 Å². The fourth-order valence-electron chi connectivity index (χ4n) is 1.64. The van der Waals surface area contributed by atoms with Gasteiger partial charge in [0.15, 0.2) is 0 Å². The molecule has 4 N–H and O–H groups in total. The van der Waals surface area contributed by atoms with Crippen LogP contribution in [-0.2, 0) is 4.79 Å². The molecule has 0 heterocycles. The lowest BCUT2D eigenvalue weighted by Gasteiger charge is -2.24. The molecule has 0 saturated carbocycles. The predicted octanol–water partition coefficient (Wildman–Crippen LogP) is 1.05. The van der Waals surface area contributed by atoms with Gasteiger partial charge in [0.1, 0.15) is 5.82 Å². The summed E-state index contributed by atoms with van der Waals surface area (Å²) >= 11 is 0. The van der Waals surface area contributed by atoms with E-state index in [9.17, 15) is 14.3 Å². The molecule has 0 aliphatic carbocycles. The first kappa shape index (κ1) is 15.4.